The van der Waals surface area contributed by atoms with E-state index in [0.717, 1.165) is 31.7 Å². The van der Waals surface area contributed by atoms with E-state index in [1.165, 1.54) is 25.2 Å². The van der Waals surface area contributed by atoms with Crippen LogP contribution in [-0.4, -0.2) is 32.8 Å². The average Bonchev–Trinajstić information content (AvgIpc) is 3.46. The molecule has 134 valence electrons. The number of aromatic nitrogens is 4. The fourth-order valence-electron chi connectivity index (χ4n) is 2.70. The van der Waals surface area contributed by atoms with E-state index in [1.54, 1.807) is 6.07 Å². The van der Waals surface area contributed by atoms with Gasteiger partial charge in [-0.3, -0.25) is 0 Å². The third kappa shape index (κ3) is 4.84. The van der Waals surface area contributed by atoms with Gasteiger partial charge in [-0.15, -0.1) is 5.10 Å². The first-order valence-electron chi connectivity index (χ1n) is 9.05. The molecule has 25 heavy (non-hydrogen) atoms. The van der Waals surface area contributed by atoms with Crippen molar-refractivity contribution in [2.45, 2.75) is 52.0 Å². The summed E-state index contributed by atoms with van der Waals surface area (Å²) >= 11 is 0. The van der Waals surface area contributed by atoms with Gasteiger partial charge in [0, 0.05) is 18.2 Å². The van der Waals surface area contributed by atoms with E-state index in [2.05, 4.69) is 44.6 Å². The molecule has 1 saturated carbocycles. The molecule has 1 atom stereocenters. The van der Waals surface area contributed by atoms with Gasteiger partial charge in [-0.2, -0.15) is 5.10 Å². The smallest absolute Gasteiger partial charge is 0.223 e. The third-order valence-electron chi connectivity index (χ3n) is 4.40. The van der Waals surface area contributed by atoms with Crippen molar-refractivity contribution < 1.29 is 4.39 Å². The Morgan fingerprint density at radius 3 is 2.84 bits per heavy atom. The van der Waals surface area contributed by atoms with Crippen LogP contribution in [0.15, 0.2) is 18.5 Å². The number of nitrogens with zero attached hydrogens (tertiary/aromatic N) is 4. The minimum Gasteiger partial charge on any atom is -0.368 e. The zero-order valence-electron chi connectivity index (χ0n) is 14.8. The van der Waals surface area contributed by atoms with Gasteiger partial charge in [0.1, 0.15) is 11.5 Å². The maximum atomic E-state index is 14.3. The van der Waals surface area contributed by atoms with Crippen LogP contribution in [0.4, 0.5) is 16.2 Å². The molecule has 0 aromatic carbocycles. The van der Waals surface area contributed by atoms with Crippen LogP contribution in [0.3, 0.4) is 0 Å². The van der Waals surface area contributed by atoms with Crippen molar-refractivity contribution in [2.24, 2.45) is 5.92 Å². The molecule has 2 aromatic heterocycles. The fourth-order valence-corrected chi connectivity index (χ4v) is 2.70. The topological polar surface area (TPSA) is 75.6 Å². The van der Waals surface area contributed by atoms with Crippen LogP contribution >= 0.6 is 0 Å². The molecule has 0 bridgehead atoms. The van der Waals surface area contributed by atoms with Crippen LogP contribution in [0.25, 0.3) is 11.3 Å². The van der Waals surface area contributed by atoms with Crippen LogP contribution in [0.1, 0.15) is 46.0 Å². The van der Waals surface area contributed by atoms with Crippen LogP contribution < -0.4 is 10.6 Å². The summed E-state index contributed by atoms with van der Waals surface area (Å²) in [6.07, 6.45) is 8.32. The summed E-state index contributed by atoms with van der Waals surface area (Å²) in [4.78, 5) is 8.44. The minimum absolute atomic E-state index is 0.244. The average molecular weight is 344 g/mol. The molecule has 0 unspecified atom stereocenters. The summed E-state index contributed by atoms with van der Waals surface area (Å²) in [6.45, 7) is 5.13. The SMILES string of the molecule is CCC[C@H](CC)Nc1ncc(F)c(-c2cnnc(NCC3CC3)c2)n1. The summed E-state index contributed by atoms with van der Waals surface area (Å²) in [5.41, 5.74) is 0.841. The van der Waals surface area contributed by atoms with Crippen LogP contribution in [0.2, 0.25) is 0 Å². The Hall–Kier alpha value is -2.31. The van der Waals surface area contributed by atoms with Crippen molar-refractivity contribution in [3.05, 3.63) is 24.3 Å². The molecule has 0 radical (unpaired) electrons. The molecule has 0 amide bonds. The first kappa shape index (κ1) is 17.5. The number of anilines is 2. The third-order valence-corrected chi connectivity index (χ3v) is 4.40. The second kappa shape index (κ2) is 8.18. The molecule has 0 saturated heterocycles. The predicted molar refractivity (Wildman–Crippen MR) is 96.8 cm³/mol. The van der Waals surface area contributed by atoms with Crippen molar-refractivity contribution in [1.29, 1.82) is 0 Å². The monoisotopic (exact) mass is 344 g/mol. The van der Waals surface area contributed by atoms with Crippen LogP contribution in [0, 0.1) is 11.7 Å². The van der Waals surface area contributed by atoms with Gasteiger partial charge in [0.15, 0.2) is 5.82 Å². The summed E-state index contributed by atoms with van der Waals surface area (Å²) in [5.74, 6) is 1.35. The molecule has 0 spiro atoms. The van der Waals surface area contributed by atoms with Gasteiger partial charge < -0.3 is 10.6 Å². The molecule has 0 aliphatic heterocycles. The van der Waals surface area contributed by atoms with Gasteiger partial charge in [-0.05, 0) is 37.7 Å². The fraction of sp³-hybridized carbons (Fsp3) is 0.556. The lowest BCUT2D eigenvalue weighted by Gasteiger charge is -2.16. The highest BCUT2D eigenvalue weighted by atomic mass is 19.1. The quantitative estimate of drug-likeness (QED) is 0.719. The van der Waals surface area contributed by atoms with Crippen molar-refractivity contribution in [1.82, 2.24) is 20.2 Å². The predicted octanol–water partition coefficient (Wildman–Crippen LogP) is 3.89. The molecule has 3 rings (SSSR count). The van der Waals surface area contributed by atoms with E-state index in [-0.39, 0.29) is 11.7 Å². The van der Waals surface area contributed by atoms with Gasteiger partial charge in [-0.1, -0.05) is 20.3 Å². The lowest BCUT2D eigenvalue weighted by Crippen LogP contribution is -2.20. The van der Waals surface area contributed by atoms with E-state index < -0.39 is 5.82 Å². The number of hydrogen-bond acceptors (Lipinski definition) is 6. The van der Waals surface area contributed by atoms with Gasteiger partial charge in [0.05, 0.1) is 12.4 Å². The Kier molecular flexibility index (Phi) is 5.73. The number of halogens is 1. The second-order valence-corrected chi connectivity index (χ2v) is 6.58. The summed E-state index contributed by atoms with van der Waals surface area (Å²) in [7, 11) is 0. The normalized spacial score (nSPS) is 15.0. The van der Waals surface area contributed by atoms with E-state index >= 15 is 0 Å². The van der Waals surface area contributed by atoms with Gasteiger partial charge in [0.2, 0.25) is 5.95 Å². The largest absolute Gasteiger partial charge is 0.368 e. The second-order valence-electron chi connectivity index (χ2n) is 6.58. The number of hydrogen-bond donors (Lipinski definition) is 2. The molecule has 6 nitrogen and oxygen atoms in total. The van der Waals surface area contributed by atoms with E-state index in [4.69, 9.17) is 0 Å². The standard InChI is InChI=1S/C18H25FN6/c1-3-5-14(4-2)23-18-21-11-15(19)17(24-18)13-8-16(25-22-10-13)20-9-12-6-7-12/h8,10-12,14H,3-7,9H2,1-2H3,(H,20,25)(H,21,23,24)/t14-/m0/s1. The zero-order valence-corrected chi connectivity index (χ0v) is 14.8. The zero-order chi connectivity index (χ0) is 17.6. The highest BCUT2D eigenvalue weighted by Gasteiger charge is 2.21. The first-order chi connectivity index (χ1) is 12.2. The summed E-state index contributed by atoms with van der Waals surface area (Å²) in [6, 6.07) is 2.07. The van der Waals surface area contributed by atoms with Gasteiger partial charge >= 0.3 is 0 Å². The van der Waals surface area contributed by atoms with Gasteiger partial charge in [0.25, 0.3) is 0 Å². The molecule has 2 aromatic rings. The molecule has 2 N–H and O–H groups in total. The Bertz CT molecular complexity index is 704. The van der Waals surface area contributed by atoms with Crippen molar-refractivity contribution in [3.8, 4) is 11.3 Å². The van der Waals surface area contributed by atoms with E-state index in [9.17, 15) is 4.39 Å². The molecule has 1 fully saturated rings. The Morgan fingerprint density at radius 1 is 1.28 bits per heavy atom. The van der Waals surface area contributed by atoms with Crippen molar-refractivity contribution in [3.63, 3.8) is 0 Å². The first-order valence-corrected chi connectivity index (χ1v) is 9.05. The molecule has 2 heterocycles. The molecule has 7 heteroatoms. The van der Waals surface area contributed by atoms with E-state index in [1.807, 2.05) is 0 Å². The maximum Gasteiger partial charge on any atom is 0.223 e. The highest BCUT2D eigenvalue weighted by molar-refractivity contribution is 5.63. The molecular weight excluding hydrogens is 319 g/mol. The Morgan fingerprint density at radius 2 is 2.12 bits per heavy atom. The number of rotatable bonds is 9. The highest BCUT2D eigenvalue weighted by Crippen LogP contribution is 2.29. The van der Waals surface area contributed by atoms with Crippen molar-refractivity contribution in [2.75, 3.05) is 17.2 Å². The van der Waals surface area contributed by atoms with E-state index in [0.29, 0.717) is 17.3 Å². The molecule has 1 aliphatic carbocycles. The summed E-state index contributed by atoms with van der Waals surface area (Å²) in [5, 5.41) is 14.6. The van der Waals surface area contributed by atoms with Crippen LogP contribution in [-0.2, 0) is 0 Å². The lowest BCUT2D eigenvalue weighted by atomic mass is 10.1. The maximum absolute atomic E-state index is 14.3. The molecule has 1 aliphatic rings. The lowest BCUT2D eigenvalue weighted by molar-refractivity contribution is 0.605. The Balaban J connectivity index is 1.78. The van der Waals surface area contributed by atoms with Gasteiger partial charge in [-0.25, -0.2) is 14.4 Å². The number of nitrogens with one attached hydrogen (secondary N) is 2. The minimum atomic E-state index is -0.463. The van der Waals surface area contributed by atoms with Crippen molar-refractivity contribution >= 4 is 11.8 Å². The Labute approximate surface area is 147 Å². The molecular formula is C18H25FN6. The summed E-state index contributed by atoms with van der Waals surface area (Å²) < 4.78 is 14.3. The van der Waals surface area contributed by atoms with Crippen LogP contribution in [0.5, 0.6) is 0 Å².